The van der Waals surface area contributed by atoms with E-state index < -0.39 is 0 Å². The van der Waals surface area contributed by atoms with Crippen LogP contribution in [0.3, 0.4) is 0 Å². The highest BCUT2D eigenvalue weighted by atomic mass is 16.5. The zero-order valence-corrected chi connectivity index (χ0v) is 16.7. The van der Waals surface area contributed by atoms with Crippen LogP contribution in [0.4, 0.5) is 0 Å². The maximum atomic E-state index is 5.52. The predicted molar refractivity (Wildman–Crippen MR) is 107 cm³/mol. The summed E-state index contributed by atoms with van der Waals surface area (Å²) < 4.78 is 21.9. The Balaban J connectivity index is 2.05. The van der Waals surface area contributed by atoms with E-state index >= 15 is 0 Å². The summed E-state index contributed by atoms with van der Waals surface area (Å²) in [6, 6.07) is 8.40. The molecule has 0 fully saturated rings. The molecule has 0 saturated carbocycles. The Morgan fingerprint density at radius 2 is 1.37 bits per heavy atom. The van der Waals surface area contributed by atoms with Crippen molar-refractivity contribution in [3.63, 3.8) is 0 Å². The summed E-state index contributed by atoms with van der Waals surface area (Å²) in [7, 11) is 8.77. The minimum atomic E-state index is 0.198. The molecule has 3 rings (SSSR count). The molecule has 1 aliphatic heterocycles. The molecule has 0 N–H and O–H groups in total. The van der Waals surface area contributed by atoms with Crippen LogP contribution in [-0.4, -0.2) is 40.4 Å². The second-order valence-corrected chi connectivity index (χ2v) is 6.65. The summed E-state index contributed by atoms with van der Waals surface area (Å²) in [5, 5.41) is 0. The molecule has 0 aromatic heterocycles. The third-order valence-corrected chi connectivity index (χ3v) is 5.24. The molecule has 1 heterocycles. The number of nitrogens with zero attached hydrogens (tertiary/aromatic N) is 1. The summed E-state index contributed by atoms with van der Waals surface area (Å²) in [4.78, 5) is 2.34. The second kappa shape index (κ2) is 7.92. The first kappa shape index (κ1) is 19.1. The average molecular weight is 369 g/mol. The molecule has 0 saturated heterocycles. The van der Waals surface area contributed by atoms with E-state index in [1.807, 2.05) is 12.1 Å². The lowest BCUT2D eigenvalue weighted by Crippen LogP contribution is -2.31. The Labute approximate surface area is 161 Å². The molecule has 5 nitrogen and oxygen atoms in total. The molecule has 0 aliphatic carbocycles. The number of likely N-dealkylation sites (N-methyl/N-ethyl adjacent to an activating group) is 1. The standard InChI is InChI=1S/C22H27NO4/c1-7-14-9-19(24-3)22(27-6)12-17(14)18-8-15-10-20(25-4)21(26-5)11-16(15)13-23(18)2/h7,9-12,18H,1,8,13H2,2-6H3. The highest BCUT2D eigenvalue weighted by Gasteiger charge is 2.28. The van der Waals surface area contributed by atoms with Gasteiger partial charge in [-0.3, -0.25) is 4.90 Å². The molecule has 1 aliphatic rings. The van der Waals surface area contributed by atoms with Crippen molar-refractivity contribution in [3.05, 3.63) is 53.1 Å². The van der Waals surface area contributed by atoms with Crippen molar-refractivity contribution in [1.82, 2.24) is 4.90 Å². The topological polar surface area (TPSA) is 40.2 Å². The van der Waals surface area contributed by atoms with Gasteiger partial charge in [-0.05, 0) is 60.0 Å². The summed E-state index contributed by atoms with van der Waals surface area (Å²) >= 11 is 0. The summed E-state index contributed by atoms with van der Waals surface area (Å²) in [5.74, 6) is 2.96. The highest BCUT2D eigenvalue weighted by Crippen LogP contribution is 2.41. The maximum absolute atomic E-state index is 5.52. The molecule has 5 heteroatoms. The van der Waals surface area contributed by atoms with Crippen LogP contribution in [0.1, 0.15) is 28.3 Å². The minimum absolute atomic E-state index is 0.198. The number of hydrogen-bond donors (Lipinski definition) is 0. The van der Waals surface area contributed by atoms with E-state index in [0.717, 1.165) is 35.8 Å². The van der Waals surface area contributed by atoms with Gasteiger partial charge in [-0.15, -0.1) is 0 Å². The largest absolute Gasteiger partial charge is 0.493 e. The van der Waals surface area contributed by atoms with Crippen molar-refractivity contribution in [3.8, 4) is 23.0 Å². The number of rotatable bonds is 6. The molecular weight excluding hydrogens is 342 g/mol. The number of fused-ring (bicyclic) bond motifs is 1. The number of hydrogen-bond acceptors (Lipinski definition) is 5. The van der Waals surface area contributed by atoms with Gasteiger partial charge < -0.3 is 18.9 Å². The Morgan fingerprint density at radius 3 is 1.93 bits per heavy atom. The Morgan fingerprint density at radius 1 is 0.852 bits per heavy atom. The Bertz CT molecular complexity index is 847. The first-order valence-corrected chi connectivity index (χ1v) is 8.88. The average Bonchev–Trinajstić information content (AvgIpc) is 2.71. The van der Waals surface area contributed by atoms with Crippen LogP contribution >= 0.6 is 0 Å². The number of methoxy groups -OCH3 is 4. The predicted octanol–water partition coefficient (Wildman–Crippen LogP) is 4.09. The van der Waals surface area contributed by atoms with Gasteiger partial charge in [0.25, 0.3) is 0 Å². The lowest BCUT2D eigenvalue weighted by molar-refractivity contribution is 0.216. The van der Waals surface area contributed by atoms with Gasteiger partial charge in [-0.1, -0.05) is 12.7 Å². The van der Waals surface area contributed by atoms with Gasteiger partial charge in [-0.25, -0.2) is 0 Å². The van der Waals surface area contributed by atoms with Crippen LogP contribution in [0.2, 0.25) is 0 Å². The highest BCUT2D eigenvalue weighted by molar-refractivity contribution is 5.61. The van der Waals surface area contributed by atoms with E-state index in [1.165, 1.54) is 16.7 Å². The minimum Gasteiger partial charge on any atom is -0.493 e. The summed E-state index contributed by atoms with van der Waals surface area (Å²) in [6.45, 7) is 4.81. The Hall–Kier alpha value is -2.66. The van der Waals surface area contributed by atoms with Crippen LogP contribution < -0.4 is 18.9 Å². The number of ether oxygens (including phenoxy) is 4. The molecule has 0 radical (unpaired) electrons. The normalized spacial score (nSPS) is 16.4. The van der Waals surface area contributed by atoms with E-state index in [2.05, 4.69) is 36.7 Å². The monoisotopic (exact) mass is 369 g/mol. The van der Waals surface area contributed by atoms with Crippen molar-refractivity contribution in [2.24, 2.45) is 0 Å². The van der Waals surface area contributed by atoms with Crippen LogP contribution in [-0.2, 0) is 13.0 Å². The van der Waals surface area contributed by atoms with Crippen molar-refractivity contribution in [1.29, 1.82) is 0 Å². The van der Waals surface area contributed by atoms with Crippen molar-refractivity contribution in [2.45, 2.75) is 19.0 Å². The quantitative estimate of drug-likeness (QED) is 0.767. The maximum Gasteiger partial charge on any atom is 0.161 e. The third kappa shape index (κ3) is 3.47. The fraction of sp³-hybridized carbons (Fsp3) is 0.364. The first-order valence-electron chi connectivity index (χ1n) is 8.88. The molecule has 1 atom stereocenters. The molecule has 0 bridgehead atoms. The molecule has 144 valence electrons. The molecule has 0 amide bonds. The van der Waals surface area contributed by atoms with Gasteiger partial charge in [0.2, 0.25) is 0 Å². The van der Waals surface area contributed by atoms with Crippen LogP contribution in [0.5, 0.6) is 23.0 Å². The van der Waals surface area contributed by atoms with Crippen LogP contribution in [0.15, 0.2) is 30.8 Å². The summed E-state index contributed by atoms with van der Waals surface area (Å²) in [6.07, 6.45) is 2.73. The van der Waals surface area contributed by atoms with E-state index in [0.29, 0.717) is 5.75 Å². The fourth-order valence-corrected chi connectivity index (χ4v) is 3.77. The number of benzene rings is 2. The molecule has 1 unspecified atom stereocenters. The lowest BCUT2D eigenvalue weighted by Gasteiger charge is -2.36. The molecule has 27 heavy (non-hydrogen) atoms. The molecule has 2 aromatic rings. The second-order valence-electron chi connectivity index (χ2n) is 6.65. The van der Waals surface area contributed by atoms with Gasteiger partial charge in [0.1, 0.15) is 0 Å². The van der Waals surface area contributed by atoms with E-state index in [1.54, 1.807) is 28.4 Å². The third-order valence-electron chi connectivity index (χ3n) is 5.24. The van der Waals surface area contributed by atoms with Crippen molar-refractivity contribution >= 4 is 6.08 Å². The van der Waals surface area contributed by atoms with Gasteiger partial charge in [0, 0.05) is 12.6 Å². The van der Waals surface area contributed by atoms with E-state index in [-0.39, 0.29) is 6.04 Å². The van der Waals surface area contributed by atoms with Gasteiger partial charge in [0.15, 0.2) is 23.0 Å². The van der Waals surface area contributed by atoms with Gasteiger partial charge >= 0.3 is 0 Å². The van der Waals surface area contributed by atoms with Crippen molar-refractivity contribution in [2.75, 3.05) is 35.5 Å². The zero-order chi connectivity index (χ0) is 19.6. The van der Waals surface area contributed by atoms with Crippen LogP contribution in [0, 0.1) is 0 Å². The Kier molecular flexibility index (Phi) is 5.61. The van der Waals surface area contributed by atoms with E-state index in [9.17, 15) is 0 Å². The van der Waals surface area contributed by atoms with E-state index in [4.69, 9.17) is 18.9 Å². The van der Waals surface area contributed by atoms with Crippen LogP contribution in [0.25, 0.3) is 6.08 Å². The van der Waals surface area contributed by atoms with Crippen molar-refractivity contribution < 1.29 is 18.9 Å². The lowest BCUT2D eigenvalue weighted by atomic mass is 9.87. The SMILES string of the molecule is C=Cc1cc(OC)c(OC)cc1C1Cc2cc(OC)c(OC)cc2CN1C. The summed E-state index contributed by atoms with van der Waals surface area (Å²) in [5.41, 5.74) is 4.74. The van der Waals surface area contributed by atoms with Gasteiger partial charge in [-0.2, -0.15) is 0 Å². The zero-order valence-electron chi connectivity index (χ0n) is 16.7. The smallest absolute Gasteiger partial charge is 0.161 e. The fourth-order valence-electron chi connectivity index (χ4n) is 3.77. The molecular formula is C22H27NO4. The molecule has 2 aromatic carbocycles. The molecule has 0 spiro atoms. The van der Waals surface area contributed by atoms with Gasteiger partial charge in [0.05, 0.1) is 28.4 Å². The first-order chi connectivity index (χ1) is 13.1.